The summed E-state index contributed by atoms with van der Waals surface area (Å²) in [5, 5.41) is 0. The molecule has 0 aromatic heterocycles. The number of esters is 3. The van der Waals surface area contributed by atoms with Crippen LogP contribution < -0.4 is 0 Å². The Morgan fingerprint density at radius 2 is 0.625 bits per heavy atom. The van der Waals surface area contributed by atoms with Gasteiger partial charge in [0.25, 0.3) is 0 Å². The van der Waals surface area contributed by atoms with Crippen molar-refractivity contribution in [3.63, 3.8) is 0 Å². The van der Waals surface area contributed by atoms with Crippen molar-refractivity contribution in [3.8, 4) is 0 Å². The lowest BCUT2D eigenvalue weighted by molar-refractivity contribution is -0.167. The summed E-state index contributed by atoms with van der Waals surface area (Å²) in [5.74, 6) is -0.952. The Kier molecular flexibility index (Phi) is 49.4. The van der Waals surface area contributed by atoms with Crippen LogP contribution in [0.25, 0.3) is 0 Å². The maximum Gasteiger partial charge on any atom is 0.306 e. The van der Waals surface area contributed by atoms with E-state index in [1.54, 1.807) is 0 Å². The lowest BCUT2D eigenvalue weighted by Crippen LogP contribution is -2.30. The molecule has 0 bridgehead atoms. The quantitative estimate of drug-likeness (QED) is 0.0199. The molecule has 1 unspecified atom stereocenters. The van der Waals surface area contributed by atoms with Gasteiger partial charge >= 0.3 is 17.9 Å². The summed E-state index contributed by atoms with van der Waals surface area (Å²) in [6.07, 6.45) is 67.0. The van der Waals surface area contributed by atoms with Crippen LogP contribution in [0.1, 0.15) is 245 Å². The zero-order valence-electron chi connectivity index (χ0n) is 41.8. The molecule has 0 fully saturated rings. The Bertz CT molecular complexity index is 1250. The van der Waals surface area contributed by atoms with E-state index in [0.717, 1.165) is 96.3 Å². The minimum absolute atomic E-state index is 0.0975. The minimum Gasteiger partial charge on any atom is -0.462 e. The summed E-state index contributed by atoms with van der Waals surface area (Å²) in [6.45, 7) is 6.44. The molecule has 6 heteroatoms. The molecule has 6 nitrogen and oxygen atoms in total. The van der Waals surface area contributed by atoms with E-state index in [1.165, 1.54) is 109 Å². The van der Waals surface area contributed by atoms with Crippen LogP contribution in [0.3, 0.4) is 0 Å². The van der Waals surface area contributed by atoms with Crippen molar-refractivity contribution in [2.24, 2.45) is 0 Å². The molecule has 0 aliphatic heterocycles. The van der Waals surface area contributed by atoms with Gasteiger partial charge in [-0.1, -0.05) is 221 Å². The first-order valence-corrected chi connectivity index (χ1v) is 26.7. The third kappa shape index (κ3) is 49.6. The minimum atomic E-state index is -0.801. The Balaban J connectivity index is 4.48. The van der Waals surface area contributed by atoms with Crippen LogP contribution in [0.4, 0.5) is 0 Å². The van der Waals surface area contributed by atoms with Gasteiger partial charge in [-0.2, -0.15) is 0 Å². The van der Waals surface area contributed by atoms with Crippen molar-refractivity contribution in [1.82, 2.24) is 0 Å². The number of carbonyl (C=O) groups excluding carboxylic acids is 3. The van der Waals surface area contributed by atoms with Gasteiger partial charge in [0.1, 0.15) is 13.2 Å². The van der Waals surface area contributed by atoms with Crippen LogP contribution >= 0.6 is 0 Å². The van der Waals surface area contributed by atoms with E-state index >= 15 is 0 Å². The van der Waals surface area contributed by atoms with Crippen molar-refractivity contribution in [2.45, 2.75) is 252 Å². The number of carbonyl (C=O) groups is 3. The van der Waals surface area contributed by atoms with Gasteiger partial charge < -0.3 is 14.2 Å². The summed E-state index contributed by atoms with van der Waals surface area (Å²) >= 11 is 0. The van der Waals surface area contributed by atoms with Crippen LogP contribution in [-0.4, -0.2) is 37.2 Å². The van der Waals surface area contributed by atoms with Crippen molar-refractivity contribution in [2.75, 3.05) is 13.2 Å². The molecular weight excluding hydrogens is 793 g/mol. The first-order chi connectivity index (χ1) is 31.5. The molecular formula is C58H98O6. The molecule has 0 radical (unpaired) electrons. The van der Waals surface area contributed by atoms with E-state index in [-0.39, 0.29) is 31.1 Å². The number of unbranched alkanes of at least 4 members (excludes halogenated alkanes) is 26. The zero-order valence-corrected chi connectivity index (χ0v) is 41.8. The molecule has 0 N–H and O–H groups in total. The van der Waals surface area contributed by atoms with E-state index in [9.17, 15) is 14.4 Å². The molecule has 0 heterocycles. The van der Waals surface area contributed by atoms with Gasteiger partial charge in [0.2, 0.25) is 0 Å². The molecule has 0 aliphatic rings. The fraction of sp³-hybridized carbons (Fsp3) is 0.707. The summed E-state index contributed by atoms with van der Waals surface area (Å²) in [5.41, 5.74) is 0. The number of hydrogen-bond donors (Lipinski definition) is 0. The smallest absolute Gasteiger partial charge is 0.306 e. The molecule has 64 heavy (non-hydrogen) atoms. The third-order valence-corrected chi connectivity index (χ3v) is 11.2. The van der Waals surface area contributed by atoms with Crippen LogP contribution in [0, 0.1) is 0 Å². The average molecular weight is 891 g/mol. The largest absolute Gasteiger partial charge is 0.462 e. The fourth-order valence-corrected chi connectivity index (χ4v) is 7.20. The molecule has 0 aromatic carbocycles. The summed E-state index contributed by atoms with van der Waals surface area (Å²) in [4.78, 5) is 38.0. The highest BCUT2D eigenvalue weighted by atomic mass is 16.6. The fourth-order valence-electron chi connectivity index (χ4n) is 7.20. The molecule has 0 amide bonds. The Morgan fingerprint density at radius 1 is 0.328 bits per heavy atom. The molecule has 0 saturated heterocycles. The van der Waals surface area contributed by atoms with Crippen molar-refractivity contribution in [3.05, 3.63) is 85.1 Å². The monoisotopic (exact) mass is 891 g/mol. The SMILES string of the molecule is CC\C=C/C=C\C=C/C=C\CCCCCCCC(=O)OC(COC(=O)CCCCC/C=C\C=C/CCCCCCCCC)COC(=O)CCCCCCCCC/C=C\CCCCCC. The normalized spacial score (nSPS) is 12.7. The maximum absolute atomic E-state index is 12.8. The predicted octanol–water partition coefficient (Wildman–Crippen LogP) is 17.6. The first kappa shape index (κ1) is 60.6. The Hall–Kier alpha value is -3.41. The van der Waals surface area contributed by atoms with Crippen LogP contribution in [0.5, 0.6) is 0 Å². The van der Waals surface area contributed by atoms with Crippen molar-refractivity contribution >= 4 is 17.9 Å². The van der Waals surface area contributed by atoms with Gasteiger partial charge in [-0.15, -0.1) is 0 Å². The summed E-state index contributed by atoms with van der Waals surface area (Å²) in [7, 11) is 0. The maximum atomic E-state index is 12.8. The van der Waals surface area contributed by atoms with E-state index in [0.29, 0.717) is 19.3 Å². The summed E-state index contributed by atoms with van der Waals surface area (Å²) in [6, 6.07) is 0. The second-order valence-corrected chi connectivity index (χ2v) is 17.5. The van der Waals surface area contributed by atoms with Gasteiger partial charge in [0, 0.05) is 19.3 Å². The second-order valence-electron chi connectivity index (χ2n) is 17.5. The molecule has 1 atom stereocenters. The highest BCUT2D eigenvalue weighted by Crippen LogP contribution is 2.14. The number of allylic oxidation sites excluding steroid dienone is 14. The van der Waals surface area contributed by atoms with Gasteiger partial charge in [-0.25, -0.2) is 0 Å². The molecule has 366 valence electrons. The van der Waals surface area contributed by atoms with Gasteiger partial charge in [-0.05, 0) is 89.9 Å². The van der Waals surface area contributed by atoms with Crippen molar-refractivity contribution in [1.29, 1.82) is 0 Å². The highest BCUT2D eigenvalue weighted by molar-refractivity contribution is 5.71. The van der Waals surface area contributed by atoms with Crippen molar-refractivity contribution < 1.29 is 28.6 Å². The third-order valence-electron chi connectivity index (χ3n) is 11.2. The first-order valence-electron chi connectivity index (χ1n) is 26.7. The molecule has 0 spiro atoms. The second kappa shape index (κ2) is 52.2. The van der Waals surface area contributed by atoms with Crippen LogP contribution in [0.15, 0.2) is 85.1 Å². The van der Waals surface area contributed by atoms with Crippen LogP contribution in [0.2, 0.25) is 0 Å². The standard InChI is InChI=1S/C58H98O6/c1-4-7-10-13-16-19-22-25-28-31-33-36-39-42-45-48-51-57(60)63-54-55(64-58(61)52-49-46-43-40-37-34-30-27-24-21-18-15-12-9-6-3)53-62-56(59)50-47-44-41-38-35-32-29-26-23-20-17-14-11-8-5-2/h9,12,15,18,20-21,23-24,27-28,30-31,33,36,55H,4-8,10-11,13-14,16-17,19,22,25-26,29,32,34-35,37-54H2,1-3H3/b12-9-,18-15-,23-20-,24-21-,30-27-,31-28-,36-33-. The average Bonchev–Trinajstić information content (AvgIpc) is 3.29. The van der Waals surface area contributed by atoms with Gasteiger partial charge in [-0.3, -0.25) is 14.4 Å². The van der Waals surface area contributed by atoms with E-state index < -0.39 is 6.10 Å². The molecule has 0 rings (SSSR count). The Morgan fingerprint density at radius 3 is 1.05 bits per heavy atom. The van der Waals surface area contributed by atoms with E-state index in [4.69, 9.17) is 14.2 Å². The zero-order chi connectivity index (χ0) is 46.5. The number of rotatable bonds is 47. The molecule has 0 saturated carbocycles. The summed E-state index contributed by atoms with van der Waals surface area (Å²) < 4.78 is 16.8. The lowest BCUT2D eigenvalue weighted by Gasteiger charge is -2.18. The predicted molar refractivity (Wildman–Crippen MR) is 274 cm³/mol. The molecule has 0 aromatic rings. The molecule has 0 aliphatic carbocycles. The van der Waals surface area contributed by atoms with Gasteiger partial charge in [0.05, 0.1) is 0 Å². The number of hydrogen-bond acceptors (Lipinski definition) is 6. The van der Waals surface area contributed by atoms with E-state index in [1.807, 2.05) is 18.2 Å². The highest BCUT2D eigenvalue weighted by Gasteiger charge is 2.19. The van der Waals surface area contributed by atoms with Crippen LogP contribution in [-0.2, 0) is 28.6 Å². The number of ether oxygens (including phenoxy) is 3. The Labute approximate surface area is 395 Å². The lowest BCUT2D eigenvalue weighted by atomic mass is 10.1. The topological polar surface area (TPSA) is 78.9 Å². The van der Waals surface area contributed by atoms with Gasteiger partial charge in [0.15, 0.2) is 6.10 Å². The van der Waals surface area contributed by atoms with E-state index in [2.05, 4.69) is 87.6 Å².